The maximum Gasteiger partial charge on any atom is 0.329 e. The molecule has 1 N–H and O–H groups in total. The number of hydrogen-bond acceptors (Lipinski definition) is 2. The van der Waals surface area contributed by atoms with Crippen molar-refractivity contribution in [1.29, 1.82) is 0 Å². The van der Waals surface area contributed by atoms with Gasteiger partial charge in [0.1, 0.15) is 5.70 Å². The number of benzene rings is 1. The molecule has 0 radical (unpaired) electrons. The van der Waals surface area contributed by atoms with Crippen LogP contribution < -0.4 is 5.32 Å². The summed E-state index contributed by atoms with van der Waals surface area (Å²) in [6.07, 6.45) is 3.27. The smallest absolute Gasteiger partial charge is 0.318 e. The minimum absolute atomic E-state index is 0.198. The van der Waals surface area contributed by atoms with Gasteiger partial charge in [0, 0.05) is 23.6 Å². The molecule has 5 nitrogen and oxygen atoms in total. The molecule has 3 amide bonds. The van der Waals surface area contributed by atoms with E-state index in [0.29, 0.717) is 0 Å². The standard InChI is InChI=1S/C21H23N3O2/c1-6-7-23-20(25)19(22-21(23)26)12-17-11-15(4)24(16(17)5)18-9-13(2)8-14(3)10-18/h6,8-12H,1,7H2,2-5H3,(H,22,26)/b19-12+. The molecule has 0 atom stereocenters. The number of hydrogen-bond donors (Lipinski definition) is 1. The molecular formula is C21H23N3O2. The van der Waals surface area contributed by atoms with E-state index in [2.05, 4.69) is 48.5 Å². The Hall–Kier alpha value is -3.08. The molecule has 0 saturated carbocycles. The van der Waals surface area contributed by atoms with Crippen molar-refractivity contribution in [2.24, 2.45) is 0 Å². The van der Waals surface area contributed by atoms with Crippen LogP contribution in [-0.2, 0) is 4.79 Å². The van der Waals surface area contributed by atoms with Gasteiger partial charge in [-0.1, -0.05) is 12.1 Å². The molecule has 2 aromatic rings. The van der Waals surface area contributed by atoms with E-state index in [1.54, 1.807) is 6.08 Å². The van der Waals surface area contributed by atoms with Gasteiger partial charge in [-0.25, -0.2) is 4.79 Å². The number of rotatable bonds is 4. The molecule has 3 rings (SSSR count). The van der Waals surface area contributed by atoms with Crippen LogP contribution in [0.2, 0.25) is 0 Å². The Labute approximate surface area is 153 Å². The lowest BCUT2D eigenvalue weighted by atomic mass is 10.1. The van der Waals surface area contributed by atoms with Gasteiger partial charge in [-0.05, 0) is 68.7 Å². The first-order valence-electron chi connectivity index (χ1n) is 8.55. The lowest BCUT2D eigenvalue weighted by molar-refractivity contribution is -0.122. The first kappa shape index (κ1) is 17.7. The summed E-state index contributed by atoms with van der Waals surface area (Å²) < 4.78 is 2.16. The fraction of sp³-hybridized carbons (Fsp3) is 0.238. The quantitative estimate of drug-likeness (QED) is 0.519. The van der Waals surface area contributed by atoms with Crippen molar-refractivity contribution in [2.45, 2.75) is 27.7 Å². The van der Waals surface area contributed by atoms with E-state index in [1.165, 1.54) is 17.2 Å². The largest absolute Gasteiger partial charge is 0.329 e. The molecule has 0 aliphatic carbocycles. The summed E-state index contributed by atoms with van der Waals surface area (Å²) in [6.45, 7) is 12.0. The summed E-state index contributed by atoms with van der Waals surface area (Å²) in [4.78, 5) is 25.5. The maximum atomic E-state index is 12.4. The summed E-state index contributed by atoms with van der Waals surface area (Å²) in [5, 5.41) is 2.64. The third-order valence-corrected chi connectivity index (χ3v) is 4.51. The predicted molar refractivity (Wildman–Crippen MR) is 103 cm³/mol. The average Bonchev–Trinajstić information content (AvgIpc) is 2.97. The van der Waals surface area contributed by atoms with Crippen molar-refractivity contribution in [3.63, 3.8) is 0 Å². The Morgan fingerprint density at radius 3 is 2.31 bits per heavy atom. The van der Waals surface area contributed by atoms with Gasteiger partial charge in [0.15, 0.2) is 0 Å². The number of nitrogens with zero attached hydrogens (tertiary/aromatic N) is 2. The second kappa shape index (κ2) is 6.67. The van der Waals surface area contributed by atoms with Crippen molar-refractivity contribution in [3.8, 4) is 5.69 Å². The topological polar surface area (TPSA) is 54.3 Å². The molecule has 26 heavy (non-hydrogen) atoms. The number of imide groups is 1. The Morgan fingerprint density at radius 2 is 1.69 bits per heavy atom. The van der Waals surface area contributed by atoms with Crippen LogP contribution in [-0.4, -0.2) is 28.0 Å². The van der Waals surface area contributed by atoms with Gasteiger partial charge in [-0.2, -0.15) is 0 Å². The van der Waals surface area contributed by atoms with E-state index in [0.717, 1.165) is 27.5 Å². The van der Waals surface area contributed by atoms with E-state index < -0.39 is 6.03 Å². The maximum absolute atomic E-state index is 12.4. The fourth-order valence-electron chi connectivity index (χ4n) is 3.43. The van der Waals surface area contributed by atoms with Crippen LogP contribution in [0.25, 0.3) is 11.8 Å². The molecule has 1 aromatic carbocycles. The van der Waals surface area contributed by atoms with Crippen LogP contribution >= 0.6 is 0 Å². The Morgan fingerprint density at radius 1 is 1.04 bits per heavy atom. The van der Waals surface area contributed by atoms with Gasteiger partial charge in [0.05, 0.1) is 0 Å². The SMILES string of the molecule is C=CCN1C(=O)N/C(=C/c2cc(C)n(-c3cc(C)cc(C)c3)c2C)C1=O. The number of carbonyl (C=O) groups is 2. The van der Waals surface area contributed by atoms with Crippen LogP contribution in [0.5, 0.6) is 0 Å². The fourth-order valence-corrected chi connectivity index (χ4v) is 3.43. The normalized spacial score (nSPS) is 15.7. The molecule has 0 spiro atoms. The molecular weight excluding hydrogens is 326 g/mol. The zero-order valence-corrected chi connectivity index (χ0v) is 15.6. The number of carbonyl (C=O) groups excluding carboxylic acids is 2. The molecule has 1 fully saturated rings. The molecule has 0 unspecified atom stereocenters. The Bertz CT molecular complexity index is 930. The summed E-state index contributed by atoms with van der Waals surface area (Å²) in [5.41, 5.74) is 6.78. The monoisotopic (exact) mass is 349 g/mol. The van der Waals surface area contributed by atoms with Crippen LogP contribution in [0.3, 0.4) is 0 Å². The number of urea groups is 1. The summed E-state index contributed by atoms with van der Waals surface area (Å²) in [6, 6.07) is 8.03. The van der Waals surface area contributed by atoms with Crippen LogP contribution in [0.1, 0.15) is 28.1 Å². The highest BCUT2D eigenvalue weighted by molar-refractivity contribution is 6.14. The Kier molecular flexibility index (Phi) is 4.55. The lowest BCUT2D eigenvalue weighted by Gasteiger charge is -2.12. The summed E-state index contributed by atoms with van der Waals surface area (Å²) >= 11 is 0. The van der Waals surface area contributed by atoms with Crippen molar-refractivity contribution >= 4 is 18.0 Å². The highest BCUT2D eigenvalue weighted by atomic mass is 16.2. The van der Waals surface area contributed by atoms with Crippen molar-refractivity contribution < 1.29 is 9.59 Å². The van der Waals surface area contributed by atoms with Gasteiger partial charge in [-0.3, -0.25) is 9.69 Å². The van der Waals surface area contributed by atoms with E-state index in [1.807, 2.05) is 19.9 Å². The summed E-state index contributed by atoms with van der Waals surface area (Å²) in [7, 11) is 0. The molecule has 2 heterocycles. The van der Waals surface area contributed by atoms with Crippen molar-refractivity contribution in [1.82, 2.24) is 14.8 Å². The van der Waals surface area contributed by atoms with Gasteiger partial charge >= 0.3 is 6.03 Å². The first-order valence-corrected chi connectivity index (χ1v) is 8.55. The summed E-state index contributed by atoms with van der Waals surface area (Å²) in [5.74, 6) is -0.328. The number of nitrogens with one attached hydrogen (secondary N) is 1. The van der Waals surface area contributed by atoms with Crippen LogP contribution in [0.15, 0.2) is 42.6 Å². The minimum Gasteiger partial charge on any atom is -0.318 e. The zero-order valence-electron chi connectivity index (χ0n) is 15.6. The molecule has 1 aromatic heterocycles. The zero-order chi connectivity index (χ0) is 19.0. The Balaban J connectivity index is 2.02. The third-order valence-electron chi connectivity index (χ3n) is 4.51. The van der Waals surface area contributed by atoms with Crippen molar-refractivity contribution in [2.75, 3.05) is 6.54 Å². The van der Waals surface area contributed by atoms with Crippen molar-refractivity contribution in [3.05, 3.63) is 70.7 Å². The van der Waals surface area contributed by atoms with E-state index in [9.17, 15) is 9.59 Å². The predicted octanol–water partition coefficient (Wildman–Crippen LogP) is 3.79. The second-order valence-electron chi connectivity index (χ2n) is 6.70. The number of aromatic nitrogens is 1. The molecule has 134 valence electrons. The molecule has 1 aliphatic rings. The van der Waals surface area contributed by atoms with Gasteiger partial charge in [-0.15, -0.1) is 6.58 Å². The molecule has 5 heteroatoms. The van der Waals surface area contributed by atoms with Crippen LogP contribution in [0, 0.1) is 27.7 Å². The van der Waals surface area contributed by atoms with Gasteiger partial charge in [0.25, 0.3) is 5.91 Å². The average molecular weight is 349 g/mol. The van der Waals surface area contributed by atoms with E-state index in [-0.39, 0.29) is 18.1 Å². The van der Waals surface area contributed by atoms with Crippen LogP contribution in [0.4, 0.5) is 4.79 Å². The number of aryl methyl sites for hydroxylation is 3. The highest BCUT2D eigenvalue weighted by Crippen LogP contribution is 2.25. The third kappa shape index (κ3) is 3.08. The lowest BCUT2D eigenvalue weighted by Crippen LogP contribution is -2.30. The molecule has 0 bridgehead atoms. The van der Waals surface area contributed by atoms with E-state index >= 15 is 0 Å². The second-order valence-corrected chi connectivity index (χ2v) is 6.70. The van der Waals surface area contributed by atoms with Gasteiger partial charge < -0.3 is 9.88 Å². The molecule has 1 aliphatic heterocycles. The first-order chi connectivity index (χ1) is 12.3. The molecule has 1 saturated heterocycles. The van der Waals surface area contributed by atoms with Gasteiger partial charge in [0.2, 0.25) is 0 Å². The van der Waals surface area contributed by atoms with E-state index in [4.69, 9.17) is 0 Å². The number of amides is 3. The highest BCUT2D eigenvalue weighted by Gasteiger charge is 2.32. The minimum atomic E-state index is -0.413.